The van der Waals surface area contributed by atoms with Crippen molar-refractivity contribution in [3.05, 3.63) is 71.8 Å². The highest BCUT2D eigenvalue weighted by molar-refractivity contribution is 9.09. The third kappa shape index (κ3) is 3.72. The Labute approximate surface area is 270 Å². The smallest absolute Gasteiger partial charge is 0.146 e. The summed E-state index contributed by atoms with van der Waals surface area (Å²) in [6, 6.07) is 21.2. The van der Waals surface area contributed by atoms with Crippen LogP contribution in [0.4, 0.5) is 0 Å². The zero-order valence-electron chi connectivity index (χ0n) is 26.3. The Morgan fingerprint density at radius 1 is 0.619 bits per heavy atom. The Kier molecular flexibility index (Phi) is 7.42. The van der Waals surface area contributed by atoms with Crippen molar-refractivity contribution >= 4 is 43.4 Å². The first-order valence-electron chi connectivity index (χ1n) is 16.2. The minimum Gasteiger partial charge on any atom is -0.298 e. The van der Waals surface area contributed by atoms with E-state index in [2.05, 4.69) is 134 Å². The molecule has 0 amide bonds. The molecule has 4 aliphatic rings. The zero-order chi connectivity index (χ0) is 30.3. The van der Waals surface area contributed by atoms with Crippen molar-refractivity contribution in [2.75, 3.05) is 0 Å². The van der Waals surface area contributed by atoms with E-state index in [9.17, 15) is 0 Å². The summed E-state index contributed by atoms with van der Waals surface area (Å²) in [6.45, 7) is 13.9. The maximum atomic E-state index is 15.4. The minimum atomic E-state index is -0.648. The lowest BCUT2D eigenvalue weighted by molar-refractivity contribution is -0.167. The molecular formula is C38H48Br2O2. The molecule has 4 heteroatoms. The lowest BCUT2D eigenvalue weighted by Crippen LogP contribution is -2.60. The molecule has 0 spiro atoms. The van der Waals surface area contributed by atoms with Crippen molar-refractivity contribution in [1.82, 2.24) is 0 Å². The van der Waals surface area contributed by atoms with Gasteiger partial charge in [-0.1, -0.05) is 134 Å². The molecule has 0 N–H and O–H groups in total. The van der Waals surface area contributed by atoms with Gasteiger partial charge in [-0.3, -0.25) is 9.59 Å². The first kappa shape index (κ1) is 30.8. The third-order valence-electron chi connectivity index (χ3n) is 14.2. The number of hydrogen-bond donors (Lipinski definition) is 0. The summed E-state index contributed by atoms with van der Waals surface area (Å²) in [6.07, 6.45) is 7.23. The topological polar surface area (TPSA) is 34.1 Å². The number of carbonyl (C=O) groups is 2. The Morgan fingerprint density at radius 2 is 0.952 bits per heavy atom. The van der Waals surface area contributed by atoms with Gasteiger partial charge in [-0.15, -0.1) is 0 Å². The van der Waals surface area contributed by atoms with Crippen molar-refractivity contribution < 1.29 is 9.59 Å². The van der Waals surface area contributed by atoms with Gasteiger partial charge in [-0.05, 0) is 85.2 Å². The van der Waals surface area contributed by atoms with Gasteiger partial charge < -0.3 is 0 Å². The summed E-state index contributed by atoms with van der Waals surface area (Å²) >= 11 is 8.07. The molecule has 4 saturated carbocycles. The number of rotatable bonds is 9. The lowest BCUT2D eigenvalue weighted by Gasteiger charge is -2.56. The van der Waals surface area contributed by atoms with Crippen LogP contribution in [0.25, 0.3) is 0 Å². The highest BCUT2D eigenvalue weighted by Crippen LogP contribution is 2.83. The second kappa shape index (κ2) is 10.1. The predicted molar refractivity (Wildman–Crippen MR) is 179 cm³/mol. The largest absolute Gasteiger partial charge is 0.298 e. The first-order chi connectivity index (χ1) is 19.7. The monoisotopic (exact) mass is 694 g/mol. The summed E-state index contributed by atoms with van der Waals surface area (Å²) in [5.74, 6) is 1.25. The van der Waals surface area contributed by atoms with Crippen molar-refractivity contribution in [3.8, 4) is 0 Å². The number of halogens is 2. The van der Waals surface area contributed by atoms with E-state index in [1.165, 1.54) is 11.1 Å². The Bertz CT molecular complexity index is 1260. The number of alkyl halides is 2. The molecule has 0 unspecified atom stereocenters. The van der Waals surface area contributed by atoms with Gasteiger partial charge in [0.25, 0.3) is 0 Å². The summed E-state index contributed by atoms with van der Waals surface area (Å²) in [4.78, 5) is 31.2. The van der Waals surface area contributed by atoms with Crippen LogP contribution in [0.2, 0.25) is 0 Å². The molecule has 8 atom stereocenters. The highest BCUT2D eigenvalue weighted by Gasteiger charge is 2.85. The molecule has 2 nitrogen and oxygen atoms in total. The second-order valence-electron chi connectivity index (χ2n) is 15.7. The summed E-state index contributed by atoms with van der Waals surface area (Å²) in [5, 5.41) is 0. The van der Waals surface area contributed by atoms with Gasteiger partial charge in [0.15, 0.2) is 0 Å². The molecule has 6 rings (SSSR count). The Hall–Kier alpha value is -1.26. The average molecular weight is 697 g/mol. The number of carbonyl (C=O) groups excluding carboxylic acids is 2. The summed E-state index contributed by atoms with van der Waals surface area (Å²) < 4.78 is 0. The number of Topliss-reactive ketones (excluding diaryl/α,β-unsaturated/α-hetero) is 2. The van der Waals surface area contributed by atoms with Gasteiger partial charge in [0, 0.05) is 31.3 Å². The fourth-order valence-electron chi connectivity index (χ4n) is 11.3. The first-order valence-corrected chi connectivity index (χ1v) is 18.0. The van der Waals surface area contributed by atoms with Gasteiger partial charge in [0.05, 0.1) is 0 Å². The van der Waals surface area contributed by atoms with Crippen LogP contribution in [0, 0.1) is 44.3 Å². The summed E-state index contributed by atoms with van der Waals surface area (Å²) in [7, 11) is 0. The van der Waals surface area contributed by atoms with E-state index < -0.39 is 10.8 Å². The molecule has 0 saturated heterocycles. The maximum Gasteiger partial charge on any atom is 0.146 e. The molecule has 0 heterocycles. The molecule has 2 aromatic rings. The molecule has 0 aliphatic heterocycles. The third-order valence-corrected chi connectivity index (χ3v) is 16.1. The zero-order valence-corrected chi connectivity index (χ0v) is 29.5. The van der Waals surface area contributed by atoms with E-state index in [4.69, 9.17) is 0 Å². The molecule has 2 aromatic carbocycles. The van der Waals surface area contributed by atoms with E-state index in [-0.39, 0.29) is 43.2 Å². The van der Waals surface area contributed by atoms with Gasteiger partial charge in [-0.25, -0.2) is 0 Å². The van der Waals surface area contributed by atoms with Crippen LogP contribution in [0.5, 0.6) is 0 Å². The van der Waals surface area contributed by atoms with Crippen LogP contribution in [-0.2, 0) is 9.59 Å². The van der Waals surface area contributed by atoms with E-state index in [0.29, 0.717) is 11.6 Å². The predicted octanol–water partition coefficient (Wildman–Crippen LogP) is 10.8. The Balaban J connectivity index is 1.51. The standard InChI is InChI=1S/C38H48Br2O2/c1-33(2)29-19-21-35(33,5)31(41)37(29,23-17-27(39)25-13-9-7-10-14-25)38(24-18-28(40)26-15-11-8-12-16-26)30-20-22-36(6,32(38)42)34(30,3)4/h7-16,27-30H,17-24H2,1-6H3/t27-,28-,29-,30+,35+,36-,37-,38+/m0/s1. The van der Waals surface area contributed by atoms with Crippen LogP contribution >= 0.6 is 31.9 Å². The summed E-state index contributed by atoms with van der Waals surface area (Å²) in [5.41, 5.74) is 0.158. The van der Waals surface area contributed by atoms with Crippen LogP contribution < -0.4 is 0 Å². The van der Waals surface area contributed by atoms with Gasteiger partial charge in [0.2, 0.25) is 0 Å². The molecule has 4 bridgehead atoms. The van der Waals surface area contributed by atoms with Crippen LogP contribution in [0.1, 0.15) is 114 Å². The molecular weight excluding hydrogens is 648 g/mol. The van der Waals surface area contributed by atoms with Crippen molar-refractivity contribution in [1.29, 1.82) is 0 Å². The van der Waals surface area contributed by atoms with Crippen LogP contribution in [0.3, 0.4) is 0 Å². The maximum absolute atomic E-state index is 15.4. The van der Waals surface area contributed by atoms with E-state index in [1.807, 2.05) is 0 Å². The molecule has 226 valence electrons. The fraction of sp³-hybridized carbons (Fsp3) is 0.632. The van der Waals surface area contributed by atoms with E-state index in [0.717, 1.165) is 51.4 Å². The number of ketones is 2. The quantitative estimate of drug-likeness (QED) is 0.245. The molecule has 0 aromatic heterocycles. The van der Waals surface area contributed by atoms with Crippen LogP contribution in [-0.4, -0.2) is 11.6 Å². The molecule has 42 heavy (non-hydrogen) atoms. The van der Waals surface area contributed by atoms with Crippen LogP contribution in [0.15, 0.2) is 60.7 Å². The SMILES string of the molecule is CC1(C)[C@H]2CC[C@@]1(C)C(=O)[C@]2(CC[C@H](Br)c1ccccc1)[C@]1(CC[C@H](Br)c2ccccc2)C(=O)[C@@]2(C)CC[C@H]1C2(C)C. The van der Waals surface area contributed by atoms with E-state index >= 15 is 9.59 Å². The van der Waals surface area contributed by atoms with Gasteiger partial charge in [-0.2, -0.15) is 0 Å². The highest BCUT2D eigenvalue weighted by atomic mass is 79.9. The number of benzene rings is 2. The molecule has 4 fully saturated rings. The van der Waals surface area contributed by atoms with Gasteiger partial charge >= 0.3 is 0 Å². The normalized spacial score (nSPS) is 39.1. The molecule has 4 aliphatic carbocycles. The average Bonchev–Trinajstić information content (AvgIpc) is 3.46. The lowest BCUT2D eigenvalue weighted by atomic mass is 9.45. The van der Waals surface area contributed by atoms with Crippen molar-refractivity contribution in [2.24, 2.45) is 44.3 Å². The Morgan fingerprint density at radius 3 is 1.24 bits per heavy atom. The number of fused-ring (bicyclic) bond motifs is 4. The minimum absolute atomic E-state index is 0.133. The fourth-order valence-corrected chi connectivity index (χ4v) is 12.3. The second-order valence-corrected chi connectivity index (χ2v) is 17.9. The van der Waals surface area contributed by atoms with E-state index in [1.54, 1.807) is 0 Å². The van der Waals surface area contributed by atoms with Gasteiger partial charge in [0.1, 0.15) is 11.6 Å². The molecule has 0 radical (unpaired) electrons. The van der Waals surface area contributed by atoms with Crippen molar-refractivity contribution in [2.45, 2.75) is 103 Å². The number of hydrogen-bond acceptors (Lipinski definition) is 2. The van der Waals surface area contributed by atoms with Crippen molar-refractivity contribution in [3.63, 3.8) is 0 Å².